The number of aromatic nitrogens is 1. The van der Waals surface area contributed by atoms with E-state index in [-0.39, 0.29) is 11.8 Å². The van der Waals surface area contributed by atoms with Gasteiger partial charge < -0.3 is 24.9 Å². The Bertz CT molecular complexity index is 717. The Morgan fingerprint density at radius 2 is 2.04 bits per heavy atom. The average molecular weight is 318 g/mol. The number of benzene rings is 1. The van der Waals surface area contributed by atoms with E-state index in [4.69, 9.17) is 19.9 Å². The zero-order chi connectivity index (χ0) is 16.4. The minimum absolute atomic E-state index is 0.214. The number of hydrogen-bond donors (Lipinski definition) is 2. The number of ether oxygens (including phenoxy) is 3. The number of rotatable bonds is 5. The molecule has 1 aromatic heterocycles. The van der Waals surface area contributed by atoms with Gasteiger partial charge in [0.15, 0.2) is 11.5 Å². The van der Waals surface area contributed by atoms with Crippen molar-refractivity contribution in [3.05, 3.63) is 17.8 Å². The largest absolute Gasteiger partial charge is 0.493 e. The Kier molecular flexibility index (Phi) is 4.32. The second kappa shape index (κ2) is 6.40. The van der Waals surface area contributed by atoms with Crippen molar-refractivity contribution in [3.8, 4) is 11.5 Å². The lowest BCUT2D eigenvalue weighted by molar-refractivity contribution is 0.0522. The maximum absolute atomic E-state index is 12.0. The molecule has 0 bridgehead atoms. The summed E-state index contributed by atoms with van der Waals surface area (Å²) >= 11 is 0. The van der Waals surface area contributed by atoms with Crippen LogP contribution in [0.5, 0.6) is 11.5 Å². The van der Waals surface area contributed by atoms with Crippen LogP contribution in [-0.2, 0) is 4.74 Å². The minimum Gasteiger partial charge on any atom is -0.493 e. The molecule has 0 atom stereocenters. The first kappa shape index (κ1) is 15.5. The fraction of sp³-hybridized carbons (Fsp3) is 0.471. The minimum atomic E-state index is -0.460. The zero-order valence-electron chi connectivity index (χ0n) is 13.5. The number of aromatic amines is 1. The van der Waals surface area contributed by atoms with E-state index in [0.717, 1.165) is 23.7 Å². The molecule has 124 valence electrons. The van der Waals surface area contributed by atoms with Gasteiger partial charge in [0.25, 0.3) is 0 Å². The highest BCUT2D eigenvalue weighted by atomic mass is 16.5. The summed E-state index contributed by atoms with van der Waals surface area (Å²) in [6.07, 6.45) is 4.70. The Balaban J connectivity index is 2.00. The molecule has 2 aromatic rings. The SMILES string of the molecule is CCOC(=O)c1[nH]c2cc(OC)c(OC3CCCC3)cc2c1N. The summed E-state index contributed by atoms with van der Waals surface area (Å²) in [4.78, 5) is 15.0. The van der Waals surface area contributed by atoms with E-state index in [2.05, 4.69) is 4.98 Å². The van der Waals surface area contributed by atoms with E-state index in [1.807, 2.05) is 6.07 Å². The first-order valence-corrected chi connectivity index (χ1v) is 7.97. The van der Waals surface area contributed by atoms with Crippen LogP contribution in [0.3, 0.4) is 0 Å². The van der Waals surface area contributed by atoms with E-state index in [9.17, 15) is 4.79 Å². The zero-order valence-corrected chi connectivity index (χ0v) is 13.5. The molecule has 1 saturated carbocycles. The standard InChI is InChI=1S/C17H22N2O4/c1-3-22-17(20)16-15(18)11-8-14(23-10-6-4-5-7-10)13(21-2)9-12(11)19-16/h8-10,19H,3-7,18H2,1-2H3. The van der Waals surface area contributed by atoms with Crippen molar-refractivity contribution in [3.63, 3.8) is 0 Å². The smallest absolute Gasteiger partial charge is 0.356 e. The summed E-state index contributed by atoms with van der Waals surface area (Å²) in [6.45, 7) is 2.06. The summed E-state index contributed by atoms with van der Waals surface area (Å²) < 4.78 is 16.5. The quantitative estimate of drug-likeness (QED) is 0.826. The number of H-pyrrole nitrogens is 1. The van der Waals surface area contributed by atoms with Gasteiger partial charge >= 0.3 is 5.97 Å². The molecule has 3 rings (SSSR count). The molecule has 0 saturated heterocycles. The van der Waals surface area contributed by atoms with E-state index in [0.29, 0.717) is 23.8 Å². The number of carbonyl (C=O) groups excluding carboxylic acids is 1. The molecule has 23 heavy (non-hydrogen) atoms. The van der Waals surface area contributed by atoms with Crippen LogP contribution in [0.4, 0.5) is 5.69 Å². The van der Waals surface area contributed by atoms with Crippen LogP contribution in [0.25, 0.3) is 10.9 Å². The van der Waals surface area contributed by atoms with Gasteiger partial charge in [-0.1, -0.05) is 0 Å². The highest BCUT2D eigenvalue weighted by Crippen LogP contribution is 2.38. The van der Waals surface area contributed by atoms with Gasteiger partial charge in [-0.15, -0.1) is 0 Å². The second-order valence-corrected chi connectivity index (χ2v) is 5.71. The van der Waals surface area contributed by atoms with Crippen molar-refractivity contribution < 1.29 is 19.0 Å². The third-order valence-electron chi connectivity index (χ3n) is 4.20. The van der Waals surface area contributed by atoms with Gasteiger partial charge in [-0.3, -0.25) is 0 Å². The van der Waals surface area contributed by atoms with E-state index in [1.54, 1.807) is 20.1 Å². The number of nitrogen functional groups attached to an aromatic ring is 1. The lowest BCUT2D eigenvalue weighted by atomic mass is 10.2. The normalized spacial score (nSPS) is 15.0. The van der Waals surface area contributed by atoms with Gasteiger partial charge in [0.2, 0.25) is 0 Å². The Labute approximate surface area is 134 Å². The van der Waals surface area contributed by atoms with Crippen LogP contribution >= 0.6 is 0 Å². The van der Waals surface area contributed by atoms with Crippen LogP contribution in [0, 0.1) is 0 Å². The summed E-state index contributed by atoms with van der Waals surface area (Å²) in [6, 6.07) is 3.64. The first-order valence-electron chi connectivity index (χ1n) is 7.97. The summed E-state index contributed by atoms with van der Waals surface area (Å²) in [5.41, 5.74) is 7.47. The molecule has 1 aromatic carbocycles. The molecule has 1 aliphatic carbocycles. The third kappa shape index (κ3) is 2.93. The van der Waals surface area contributed by atoms with Crippen LogP contribution in [0.1, 0.15) is 43.1 Å². The molecule has 0 radical (unpaired) electrons. The highest BCUT2D eigenvalue weighted by Gasteiger charge is 2.22. The van der Waals surface area contributed by atoms with Gasteiger partial charge in [-0.25, -0.2) is 4.79 Å². The summed E-state index contributed by atoms with van der Waals surface area (Å²) in [7, 11) is 1.60. The maximum Gasteiger partial charge on any atom is 0.356 e. The van der Waals surface area contributed by atoms with Gasteiger partial charge in [-0.05, 0) is 38.7 Å². The number of hydrogen-bond acceptors (Lipinski definition) is 5. The van der Waals surface area contributed by atoms with Crippen molar-refractivity contribution in [1.82, 2.24) is 4.98 Å². The number of carbonyl (C=O) groups is 1. The lowest BCUT2D eigenvalue weighted by Gasteiger charge is -2.16. The predicted molar refractivity (Wildman–Crippen MR) is 88.1 cm³/mol. The second-order valence-electron chi connectivity index (χ2n) is 5.71. The number of esters is 1. The number of nitrogens with two attached hydrogens (primary N) is 1. The predicted octanol–water partition coefficient (Wildman–Crippen LogP) is 3.26. The van der Waals surface area contributed by atoms with Crippen molar-refractivity contribution in [2.75, 3.05) is 19.5 Å². The maximum atomic E-state index is 12.0. The molecule has 1 heterocycles. The monoisotopic (exact) mass is 318 g/mol. The van der Waals surface area contributed by atoms with Gasteiger partial charge in [0.05, 0.1) is 31.0 Å². The first-order chi connectivity index (χ1) is 11.1. The van der Waals surface area contributed by atoms with Crippen LogP contribution in [0.2, 0.25) is 0 Å². The molecule has 0 amide bonds. The van der Waals surface area contributed by atoms with Crippen LogP contribution in [0.15, 0.2) is 12.1 Å². The number of nitrogens with one attached hydrogen (secondary N) is 1. The van der Waals surface area contributed by atoms with Crippen LogP contribution < -0.4 is 15.2 Å². The number of methoxy groups -OCH3 is 1. The fourth-order valence-electron chi connectivity index (χ4n) is 3.02. The van der Waals surface area contributed by atoms with Crippen LogP contribution in [-0.4, -0.2) is 30.8 Å². The molecule has 0 spiro atoms. The average Bonchev–Trinajstić information content (AvgIpc) is 3.15. The fourth-order valence-corrected chi connectivity index (χ4v) is 3.02. The van der Waals surface area contributed by atoms with Crippen molar-refractivity contribution >= 4 is 22.6 Å². The third-order valence-corrected chi connectivity index (χ3v) is 4.20. The lowest BCUT2D eigenvalue weighted by Crippen LogP contribution is -2.11. The Hall–Kier alpha value is -2.37. The molecule has 6 heteroatoms. The molecule has 6 nitrogen and oxygen atoms in total. The summed E-state index contributed by atoms with van der Waals surface area (Å²) in [5, 5.41) is 0.738. The Morgan fingerprint density at radius 1 is 1.30 bits per heavy atom. The highest BCUT2D eigenvalue weighted by molar-refractivity contribution is 6.06. The van der Waals surface area contributed by atoms with E-state index < -0.39 is 5.97 Å². The Morgan fingerprint density at radius 3 is 2.70 bits per heavy atom. The van der Waals surface area contributed by atoms with Gasteiger partial charge in [0, 0.05) is 11.5 Å². The molecule has 0 aliphatic heterocycles. The van der Waals surface area contributed by atoms with E-state index >= 15 is 0 Å². The summed E-state index contributed by atoms with van der Waals surface area (Å²) in [5.74, 6) is 0.826. The van der Waals surface area contributed by atoms with Crippen molar-refractivity contribution in [2.24, 2.45) is 0 Å². The molecule has 3 N–H and O–H groups in total. The molecule has 0 unspecified atom stereocenters. The molecular formula is C17H22N2O4. The van der Waals surface area contributed by atoms with Crippen molar-refractivity contribution in [2.45, 2.75) is 38.7 Å². The van der Waals surface area contributed by atoms with Gasteiger partial charge in [0.1, 0.15) is 5.69 Å². The molecular weight excluding hydrogens is 296 g/mol. The molecule has 1 aliphatic rings. The van der Waals surface area contributed by atoms with E-state index in [1.165, 1.54) is 12.8 Å². The van der Waals surface area contributed by atoms with Crippen molar-refractivity contribution in [1.29, 1.82) is 0 Å². The van der Waals surface area contributed by atoms with Gasteiger partial charge in [-0.2, -0.15) is 0 Å². The number of fused-ring (bicyclic) bond motifs is 1. The topological polar surface area (TPSA) is 86.6 Å². The molecule has 1 fully saturated rings. The number of anilines is 1.